The number of carbonyl (C=O) groups is 2. The topological polar surface area (TPSA) is 88.3 Å². The van der Waals surface area contributed by atoms with Crippen LogP contribution in [-0.2, 0) is 6.54 Å². The van der Waals surface area contributed by atoms with Gasteiger partial charge in [0.25, 0.3) is 11.8 Å². The fourth-order valence-electron chi connectivity index (χ4n) is 1.69. The lowest BCUT2D eigenvalue weighted by Crippen LogP contribution is -2.22. The third-order valence-electron chi connectivity index (χ3n) is 2.73. The molecule has 110 valence electrons. The van der Waals surface area contributed by atoms with Crippen LogP contribution in [0.1, 0.15) is 25.9 Å². The van der Waals surface area contributed by atoms with Crippen LogP contribution >= 0.6 is 11.3 Å². The highest BCUT2D eigenvalue weighted by molar-refractivity contribution is 7.09. The summed E-state index contributed by atoms with van der Waals surface area (Å²) in [4.78, 5) is 29.5. The zero-order valence-electron chi connectivity index (χ0n) is 11.8. The maximum Gasteiger partial charge on any atom is 0.275 e. The number of anilines is 1. The van der Waals surface area contributed by atoms with E-state index in [1.54, 1.807) is 43.7 Å². The minimum Gasteiger partial charge on any atom is -0.345 e. The normalized spacial score (nSPS) is 10.2. The van der Waals surface area contributed by atoms with Crippen LogP contribution in [0.2, 0.25) is 0 Å². The van der Waals surface area contributed by atoms with Crippen molar-refractivity contribution >= 4 is 28.8 Å². The number of carbonyl (C=O) groups excluding carboxylic acids is 2. The van der Waals surface area contributed by atoms with Gasteiger partial charge in [-0.2, -0.15) is 0 Å². The summed E-state index contributed by atoms with van der Waals surface area (Å²) in [5, 5.41) is 5.09. The highest BCUT2D eigenvalue weighted by atomic mass is 32.1. The molecule has 0 aliphatic rings. The second kappa shape index (κ2) is 6.47. The van der Waals surface area contributed by atoms with Gasteiger partial charge in [0.15, 0.2) is 0 Å². The Kier molecular flexibility index (Phi) is 4.66. The van der Waals surface area contributed by atoms with Gasteiger partial charge in [-0.3, -0.25) is 9.59 Å². The Bertz CT molecular complexity index is 666. The van der Waals surface area contributed by atoms with E-state index in [4.69, 9.17) is 5.73 Å². The molecule has 0 unspecified atom stereocenters. The van der Waals surface area contributed by atoms with Crippen molar-refractivity contribution < 1.29 is 9.59 Å². The van der Waals surface area contributed by atoms with Crippen LogP contribution in [0.3, 0.4) is 0 Å². The second-order valence-electron chi connectivity index (χ2n) is 4.57. The van der Waals surface area contributed by atoms with Crippen molar-refractivity contribution in [3.05, 3.63) is 45.9 Å². The molecule has 0 atom stereocenters. The molecule has 2 amide bonds. The number of hydrogen-bond donors (Lipinski definition) is 2. The zero-order chi connectivity index (χ0) is 15.4. The zero-order valence-corrected chi connectivity index (χ0v) is 12.6. The number of aromatic nitrogens is 1. The molecule has 2 rings (SSSR count). The minimum atomic E-state index is -0.319. The third-order valence-corrected chi connectivity index (χ3v) is 3.60. The molecule has 0 saturated heterocycles. The lowest BCUT2D eigenvalue weighted by Gasteiger charge is -2.11. The number of rotatable bonds is 4. The molecular formula is C14H16N4O2S. The molecule has 0 saturated carbocycles. The highest BCUT2D eigenvalue weighted by Crippen LogP contribution is 2.15. The van der Waals surface area contributed by atoms with Crippen LogP contribution in [0.15, 0.2) is 29.6 Å². The van der Waals surface area contributed by atoms with Crippen LogP contribution in [-0.4, -0.2) is 35.8 Å². The van der Waals surface area contributed by atoms with Gasteiger partial charge in [0.2, 0.25) is 0 Å². The molecule has 3 N–H and O–H groups in total. The van der Waals surface area contributed by atoms with Gasteiger partial charge in [-0.25, -0.2) is 4.98 Å². The van der Waals surface area contributed by atoms with Crippen molar-refractivity contribution in [1.82, 2.24) is 9.88 Å². The summed E-state index contributed by atoms with van der Waals surface area (Å²) in [5.74, 6) is -0.439. The summed E-state index contributed by atoms with van der Waals surface area (Å²) in [7, 11) is 3.36. The fraction of sp³-hybridized carbons (Fsp3) is 0.214. The number of benzene rings is 1. The van der Waals surface area contributed by atoms with Crippen molar-refractivity contribution in [1.29, 1.82) is 0 Å². The Hall–Kier alpha value is -2.25. The lowest BCUT2D eigenvalue weighted by atomic mass is 10.2. The van der Waals surface area contributed by atoms with E-state index in [2.05, 4.69) is 10.3 Å². The number of nitrogens with zero attached hydrogens (tertiary/aromatic N) is 2. The van der Waals surface area contributed by atoms with E-state index in [0.717, 1.165) is 0 Å². The first-order chi connectivity index (χ1) is 10.0. The molecule has 1 aromatic heterocycles. The lowest BCUT2D eigenvalue weighted by molar-refractivity contribution is 0.0827. The Labute approximate surface area is 126 Å². The standard InChI is InChI=1S/C14H16N4O2S/c1-18(2)14(20)9-4-3-5-10(6-9)16-13(19)11-8-21-12(7-15)17-11/h3-6,8H,7,15H2,1-2H3,(H,16,19). The van der Waals surface area contributed by atoms with Gasteiger partial charge in [-0.15, -0.1) is 11.3 Å². The van der Waals surface area contributed by atoms with Crippen LogP contribution in [0.25, 0.3) is 0 Å². The SMILES string of the molecule is CN(C)C(=O)c1cccc(NC(=O)c2csc(CN)n2)c1. The van der Waals surface area contributed by atoms with Crippen LogP contribution < -0.4 is 11.1 Å². The van der Waals surface area contributed by atoms with E-state index in [1.807, 2.05) is 0 Å². The van der Waals surface area contributed by atoms with E-state index in [0.29, 0.717) is 28.5 Å². The smallest absolute Gasteiger partial charge is 0.275 e. The molecule has 0 spiro atoms. The third kappa shape index (κ3) is 3.65. The molecule has 0 aliphatic heterocycles. The number of nitrogens with two attached hydrogens (primary N) is 1. The predicted octanol–water partition coefficient (Wildman–Crippen LogP) is 1.56. The van der Waals surface area contributed by atoms with Gasteiger partial charge in [0.1, 0.15) is 10.7 Å². The molecule has 7 heteroatoms. The maximum absolute atomic E-state index is 12.1. The minimum absolute atomic E-state index is 0.120. The Morgan fingerprint density at radius 3 is 2.76 bits per heavy atom. The first kappa shape index (κ1) is 15.1. The number of hydrogen-bond acceptors (Lipinski definition) is 5. The summed E-state index contributed by atoms with van der Waals surface area (Å²) in [5.41, 5.74) is 6.86. The molecule has 0 fully saturated rings. The summed E-state index contributed by atoms with van der Waals surface area (Å²) >= 11 is 1.34. The van der Waals surface area contributed by atoms with E-state index in [-0.39, 0.29) is 11.8 Å². The van der Waals surface area contributed by atoms with E-state index < -0.39 is 0 Å². The summed E-state index contributed by atoms with van der Waals surface area (Å²) < 4.78 is 0. The second-order valence-corrected chi connectivity index (χ2v) is 5.51. The predicted molar refractivity (Wildman–Crippen MR) is 82.4 cm³/mol. The van der Waals surface area contributed by atoms with Gasteiger partial charge in [-0.1, -0.05) is 6.07 Å². The van der Waals surface area contributed by atoms with Crippen molar-refractivity contribution in [2.75, 3.05) is 19.4 Å². The number of nitrogens with one attached hydrogen (secondary N) is 1. The summed E-state index contributed by atoms with van der Waals surface area (Å²) in [6.07, 6.45) is 0. The van der Waals surface area contributed by atoms with Gasteiger partial charge >= 0.3 is 0 Å². The largest absolute Gasteiger partial charge is 0.345 e. The summed E-state index contributed by atoms with van der Waals surface area (Å²) in [6.45, 7) is 0.310. The molecule has 1 aromatic carbocycles. The van der Waals surface area contributed by atoms with Crippen molar-refractivity contribution in [2.24, 2.45) is 5.73 Å². The summed E-state index contributed by atoms with van der Waals surface area (Å²) in [6, 6.07) is 6.78. The van der Waals surface area contributed by atoms with E-state index in [1.165, 1.54) is 16.2 Å². The van der Waals surface area contributed by atoms with E-state index >= 15 is 0 Å². The molecule has 1 heterocycles. The number of thiazole rings is 1. The van der Waals surface area contributed by atoms with Crippen molar-refractivity contribution in [2.45, 2.75) is 6.54 Å². The van der Waals surface area contributed by atoms with Crippen molar-refractivity contribution in [3.8, 4) is 0 Å². The molecule has 6 nitrogen and oxygen atoms in total. The van der Waals surface area contributed by atoms with Gasteiger partial charge < -0.3 is 16.0 Å². The first-order valence-corrected chi connectivity index (χ1v) is 7.16. The quantitative estimate of drug-likeness (QED) is 0.897. The Balaban J connectivity index is 2.14. The number of amides is 2. The monoisotopic (exact) mass is 304 g/mol. The first-order valence-electron chi connectivity index (χ1n) is 6.29. The van der Waals surface area contributed by atoms with Crippen LogP contribution in [0.4, 0.5) is 5.69 Å². The molecule has 21 heavy (non-hydrogen) atoms. The fourth-order valence-corrected chi connectivity index (χ4v) is 2.35. The van der Waals surface area contributed by atoms with Crippen LogP contribution in [0.5, 0.6) is 0 Å². The Morgan fingerprint density at radius 1 is 1.38 bits per heavy atom. The molecule has 0 bridgehead atoms. The van der Waals surface area contributed by atoms with Gasteiger partial charge in [0, 0.05) is 37.3 Å². The molecular weight excluding hydrogens is 288 g/mol. The average Bonchev–Trinajstić information content (AvgIpc) is 2.95. The van der Waals surface area contributed by atoms with Gasteiger partial charge in [-0.05, 0) is 18.2 Å². The molecule has 0 aliphatic carbocycles. The molecule has 2 aromatic rings. The maximum atomic E-state index is 12.1. The average molecular weight is 304 g/mol. The Morgan fingerprint density at radius 2 is 2.14 bits per heavy atom. The van der Waals surface area contributed by atoms with Crippen LogP contribution in [0, 0.1) is 0 Å². The van der Waals surface area contributed by atoms with Crippen molar-refractivity contribution in [3.63, 3.8) is 0 Å². The molecule has 0 radical (unpaired) electrons. The van der Waals surface area contributed by atoms with Gasteiger partial charge in [0.05, 0.1) is 0 Å². The van der Waals surface area contributed by atoms with E-state index in [9.17, 15) is 9.59 Å². The highest BCUT2D eigenvalue weighted by Gasteiger charge is 2.12.